The minimum Gasteiger partial charge on any atom is -0.465 e. The number of rotatable bonds is 4. The number of fused-ring (bicyclic) bond motifs is 1. The molecule has 1 saturated heterocycles. The number of carbonyl (C=O) groups excluding carboxylic acids is 2. The van der Waals surface area contributed by atoms with Crippen LogP contribution in [0, 0.1) is 5.92 Å². The molecule has 1 fully saturated rings. The highest BCUT2D eigenvalue weighted by atomic mass is 16.5. The SMILES string of the molecule is CCOC(=O)C1C=NN2C(=O)C=C(CN3CCCCC3)NC12. The largest absolute Gasteiger partial charge is 0.465 e. The van der Waals surface area contributed by atoms with E-state index in [0.29, 0.717) is 13.2 Å². The van der Waals surface area contributed by atoms with Crippen molar-refractivity contribution < 1.29 is 14.3 Å². The number of carbonyl (C=O) groups is 2. The van der Waals surface area contributed by atoms with E-state index < -0.39 is 12.1 Å². The maximum Gasteiger partial charge on any atom is 0.318 e. The molecule has 3 heterocycles. The van der Waals surface area contributed by atoms with Crippen LogP contribution in [-0.4, -0.2) is 60.4 Å². The molecule has 0 aliphatic carbocycles. The molecule has 0 spiro atoms. The van der Waals surface area contributed by atoms with Crippen LogP contribution < -0.4 is 5.32 Å². The molecule has 0 aromatic rings. The zero-order valence-corrected chi connectivity index (χ0v) is 12.8. The average Bonchev–Trinajstić information content (AvgIpc) is 2.93. The molecule has 0 aromatic carbocycles. The average molecular weight is 306 g/mol. The Labute approximate surface area is 130 Å². The van der Waals surface area contributed by atoms with Gasteiger partial charge in [0.1, 0.15) is 12.1 Å². The summed E-state index contributed by atoms with van der Waals surface area (Å²) in [5.41, 5.74) is 0.855. The Kier molecular flexibility index (Phi) is 4.42. The Morgan fingerprint density at radius 2 is 2.18 bits per heavy atom. The minimum atomic E-state index is -0.547. The van der Waals surface area contributed by atoms with E-state index in [1.807, 2.05) is 0 Å². The van der Waals surface area contributed by atoms with E-state index in [9.17, 15) is 9.59 Å². The molecule has 2 unspecified atom stereocenters. The van der Waals surface area contributed by atoms with Crippen molar-refractivity contribution >= 4 is 18.1 Å². The van der Waals surface area contributed by atoms with Gasteiger partial charge in [0.05, 0.1) is 6.61 Å². The fourth-order valence-corrected chi connectivity index (χ4v) is 3.12. The molecular formula is C15H22N4O3. The van der Waals surface area contributed by atoms with Gasteiger partial charge in [-0.15, -0.1) is 0 Å². The van der Waals surface area contributed by atoms with Gasteiger partial charge in [-0.05, 0) is 32.9 Å². The van der Waals surface area contributed by atoms with Crippen molar-refractivity contribution in [3.63, 3.8) is 0 Å². The van der Waals surface area contributed by atoms with Crippen LogP contribution in [0.15, 0.2) is 16.9 Å². The molecule has 7 nitrogen and oxygen atoms in total. The molecule has 1 amide bonds. The third-order valence-corrected chi connectivity index (χ3v) is 4.21. The zero-order chi connectivity index (χ0) is 15.5. The van der Waals surface area contributed by atoms with Crippen molar-refractivity contribution in [1.29, 1.82) is 0 Å². The summed E-state index contributed by atoms with van der Waals surface area (Å²) < 4.78 is 5.06. The first-order valence-electron chi connectivity index (χ1n) is 7.92. The molecule has 1 N–H and O–H groups in total. The Bertz CT molecular complexity index is 511. The van der Waals surface area contributed by atoms with Gasteiger partial charge in [-0.3, -0.25) is 14.5 Å². The van der Waals surface area contributed by atoms with Crippen molar-refractivity contribution in [1.82, 2.24) is 15.2 Å². The van der Waals surface area contributed by atoms with Crippen LogP contribution in [0.2, 0.25) is 0 Å². The van der Waals surface area contributed by atoms with Crippen LogP contribution >= 0.6 is 0 Å². The monoisotopic (exact) mass is 306 g/mol. The lowest BCUT2D eigenvalue weighted by Gasteiger charge is -2.34. The molecule has 0 radical (unpaired) electrons. The molecule has 7 heteroatoms. The number of hydrazone groups is 1. The zero-order valence-electron chi connectivity index (χ0n) is 12.8. The summed E-state index contributed by atoms with van der Waals surface area (Å²) in [6.45, 7) is 4.91. The second-order valence-corrected chi connectivity index (χ2v) is 5.82. The summed E-state index contributed by atoms with van der Waals surface area (Å²) in [5, 5.41) is 8.64. The lowest BCUT2D eigenvalue weighted by atomic mass is 10.1. The lowest BCUT2D eigenvalue weighted by Crippen LogP contribution is -2.53. The molecule has 0 bridgehead atoms. The normalized spacial score (nSPS) is 28.1. The van der Waals surface area contributed by atoms with Gasteiger partial charge in [-0.25, -0.2) is 5.01 Å². The smallest absolute Gasteiger partial charge is 0.318 e. The number of piperidine rings is 1. The van der Waals surface area contributed by atoms with Crippen molar-refractivity contribution in [3.8, 4) is 0 Å². The predicted molar refractivity (Wildman–Crippen MR) is 80.8 cm³/mol. The van der Waals surface area contributed by atoms with E-state index in [1.165, 1.54) is 30.5 Å². The second-order valence-electron chi connectivity index (χ2n) is 5.82. The number of esters is 1. The van der Waals surface area contributed by atoms with Gasteiger partial charge in [0.15, 0.2) is 0 Å². The first kappa shape index (κ1) is 15.0. The van der Waals surface area contributed by atoms with E-state index in [0.717, 1.165) is 18.8 Å². The summed E-state index contributed by atoms with van der Waals surface area (Å²) in [6, 6.07) is 0. The molecular weight excluding hydrogens is 284 g/mol. The van der Waals surface area contributed by atoms with E-state index >= 15 is 0 Å². The van der Waals surface area contributed by atoms with Crippen LogP contribution in [0.4, 0.5) is 0 Å². The molecule has 2 atom stereocenters. The van der Waals surface area contributed by atoms with Gasteiger partial charge in [0.25, 0.3) is 5.91 Å². The third kappa shape index (κ3) is 2.99. The van der Waals surface area contributed by atoms with Crippen LogP contribution in [0.3, 0.4) is 0 Å². The summed E-state index contributed by atoms with van der Waals surface area (Å²) in [5.74, 6) is -1.08. The van der Waals surface area contributed by atoms with Gasteiger partial charge in [-0.1, -0.05) is 6.42 Å². The Hall–Kier alpha value is -1.89. The Morgan fingerprint density at radius 3 is 2.91 bits per heavy atom. The van der Waals surface area contributed by atoms with Gasteiger partial charge in [-0.2, -0.15) is 5.10 Å². The summed E-state index contributed by atoms with van der Waals surface area (Å²) >= 11 is 0. The molecule has 3 rings (SSSR count). The van der Waals surface area contributed by atoms with Gasteiger partial charge in [0.2, 0.25) is 0 Å². The maximum atomic E-state index is 12.2. The fourth-order valence-electron chi connectivity index (χ4n) is 3.12. The van der Waals surface area contributed by atoms with Crippen molar-refractivity contribution in [2.45, 2.75) is 32.4 Å². The van der Waals surface area contributed by atoms with Crippen molar-refractivity contribution in [3.05, 3.63) is 11.8 Å². The van der Waals surface area contributed by atoms with Crippen LogP contribution in [0.5, 0.6) is 0 Å². The minimum absolute atomic E-state index is 0.182. The lowest BCUT2D eigenvalue weighted by molar-refractivity contribution is -0.148. The molecule has 0 saturated carbocycles. The Balaban J connectivity index is 1.67. The summed E-state index contributed by atoms with van der Waals surface area (Å²) in [4.78, 5) is 26.5. The van der Waals surface area contributed by atoms with Gasteiger partial charge >= 0.3 is 5.97 Å². The van der Waals surface area contributed by atoms with E-state index in [4.69, 9.17) is 4.74 Å². The third-order valence-electron chi connectivity index (χ3n) is 4.21. The standard InChI is InChI=1S/C15H22N4O3/c1-2-22-15(21)12-9-16-19-13(20)8-11(17-14(12)19)10-18-6-4-3-5-7-18/h8-9,12,14,17H,2-7,10H2,1H3. The molecule has 120 valence electrons. The number of nitrogens with one attached hydrogen (secondary N) is 1. The summed E-state index contributed by atoms with van der Waals surface area (Å²) in [6.07, 6.45) is 6.28. The van der Waals surface area contributed by atoms with Crippen LogP contribution in [0.1, 0.15) is 26.2 Å². The molecule has 3 aliphatic rings. The quantitative estimate of drug-likeness (QED) is 0.756. The first-order chi connectivity index (χ1) is 10.7. The number of likely N-dealkylation sites (tertiary alicyclic amines) is 1. The molecule has 0 aromatic heterocycles. The Morgan fingerprint density at radius 1 is 1.41 bits per heavy atom. The maximum absolute atomic E-state index is 12.2. The highest BCUT2D eigenvalue weighted by Gasteiger charge is 2.42. The number of amides is 1. The summed E-state index contributed by atoms with van der Waals surface area (Å²) in [7, 11) is 0. The first-order valence-corrected chi connectivity index (χ1v) is 7.92. The van der Waals surface area contributed by atoms with E-state index in [2.05, 4.69) is 15.3 Å². The van der Waals surface area contributed by atoms with Crippen molar-refractivity contribution in [2.75, 3.05) is 26.2 Å². The number of hydrogen-bond donors (Lipinski definition) is 1. The van der Waals surface area contributed by atoms with Crippen LogP contribution in [-0.2, 0) is 14.3 Å². The number of hydrogen-bond acceptors (Lipinski definition) is 6. The van der Waals surface area contributed by atoms with Gasteiger partial charge in [0, 0.05) is 24.5 Å². The van der Waals surface area contributed by atoms with Crippen LogP contribution in [0.25, 0.3) is 0 Å². The van der Waals surface area contributed by atoms with E-state index in [1.54, 1.807) is 13.0 Å². The predicted octanol–water partition coefficient (Wildman–Crippen LogP) is 0.293. The number of ether oxygens (including phenoxy) is 1. The number of nitrogens with zero attached hydrogens (tertiary/aromatic N) is 3. The highest BCUT2D eigenvalue weighted by molar-refractivity contribution is 5.97. The fraction of sp³-hybridized carbons (Fsp3) is 0.667. The topological polar surface area (TPSA) is 74.2 Å². The second kappa shape index (κ2) is 6.48. The molecule has 22 heavy (non-hydrogen) atoms. The highest BCUT2D eigenvalue weighted by Crippen LogP contribution is 2.23. The van der Waals surface area contributed by atoms with Gasteiger partial charge < -0.3 is 10.1 Å². The molecule has 3 aliphatic heterocycles. The van der Waals surface area contributed by atoms with Crippen molar-refractivity contribution in [2.24, 2.45) is 11.0 Å². The van der Waals surface area contributed by atoms with E-state index in [-0.39, 0.29) is 11.9 Å².